The Morgan fingerprint density at radius 3 is 2.82 bits per heavy atom. The second-order valence-electron chi connectivity index (χ2n) is 7.32. The molecule has 5 heteroatoms. The van der Waals surface area contributed by atoms with Crippen molar-refractivity contribution in [3.8, 4) is 0 Å². The van der Waals surface area contributed by atoms with Crippen molar-refractivity contribution < 1.29 is 24.2 Å². The highest BCUT2D eigenvalue weighted by Gasteiger charge is 2.62. The third-order valence-electron chi connectivity index (χ3n) is 5.95. The van der Waals surface area contributed by atoms with Gasteiger partial charge >= 0.3 is 11.9 Å². The molecule has 2 saturated carbocycles. The first kappa shape index (κ1) is 15.5. The molecule has 1 aliphatic heterocycles. The van der Waals surface area contributed by atoms with E-state index in [0.29, 0.717) is 12.8 Å². The van der Waals surface area contributed by atoms with Crippen molar-refractivity contribution in [2.45, 2.75) is 58.3 Å². The third kappa shape index (κ3) is 2.09. The molecule has 0 bridgehead atoms. The Kier molecular flexibility index (Phi) is 3.59. The number of ether oxygens (including phenoxy) is 2. The van der Waals surface area contributed by atoms with Gasteiger partial charge in [0, 0.05) is 24.2 Å². The van der Waals surface area contributed by atoms with E-state index in [9.17, 15) is 14.7 Å². The Labute approximate surface area is 130 Å². The fourth-order valence-corrected chi connectivity index (χ4v) is 4.83. The van der Waals surface area contributed by atoms with Gasteiger partial charge in [-0.05, 0) is 19.3 Å². The van der Waals surface area contributed by atoms with Crippen molar-refractivity contribution in [2.24, 2.45) is 23.2 Å². The predicted octanol–water partition coefficient (Wildman–Crippen LogP) is 1.83. The van der Waals surface area contributed by atoms with Gasteiger partial charge in [-0.1, -0.05) is 26.0 Å². The quantitative estimate of drug-likeness (QED) is 0.591. The number of hydrogen-bond donors (Lipinski definition) is 1. The smallest absolute Gasteiger partial charge is 0.309 e. The highest BCUT2D eigenvalue weighted by atomic mass is 16.6. The van der Waals surface area contributed by atoms with Crippen LogP contribution in [0.4, 0.5) is 0 Å². The van der Waals surface area contributed by atoms with Crippen molar-refractivity contribution in [1.82, 2.24) is 0 Å². The molecule has 3 rings (SSSR count). The summed E-state index contributed by atoms with van der Waals surface area (Å²) in [5.41, 5.74) is 0.532. The number of rotatable bonds is 1. The number of carbonyl (C=O) groups is 2. The van der Waals surface area contributed by atoms with Gasteiger partial charge in [-0.25, -0.2) is 0 Å². The highest BCUT2D eigenvalue weighted by Crippen LogP contribution is 2.57. The molecule has 0 unspecified atom stereocenters. The molecule has 0 amide bonds. The molecule has 0 spiro atoms. The maximum atomic E-state index is 12.0. The number of aliphatic hydroxyl groups excluding tert-OH is 1. The van der Waals surface area contributed by atoms with Gasteiger partial charge < -0.3 is 14.6 Å². The van der Waals surface area contributed by atoms with Gasteiger partial charge in [0.2, 0.25) is 0 Å². The number of hydrogen-bond acceptors (Lipinski definition) is 5. The minimum absolute atomic E-state index is 0.127. The van der Waals surface area contributed by atoms with E-state index in [0.717, 1.165) is 12.0 Å². The second kappa shape index (κ2) is 5.08. The number of esters is 2. The van der Waals surface area contributed by atoms with E-state index < -0.39 is 17.6 Å². The lowest BCUT2D eigenvalue weighted by Crippen LogP contribution is -2.59. The summed E-state index contributed by atoms with van der Waals surface area (Å²) in [7, 11) is 0. The van der Waals surface area contributed by atoms with E-state index in [1.165, 1.54) is 6.92 Å². The molecule has 3 fully saturated rings. The molecule has 0 aromatic carbocycles. The van der Waals surface area contributed by atoms with Crippen LogP contribution in [0.5, 0.6) is 0 Å². The molecule has 122 valence electrons. The monoisotopic (exact) mass is 308 g/mol. The average molecular weight is 308 g/mol. The zero-order chi connectivity index (χ0) is 16.2. The van der Waals surface area contributed by atoms with Gasteiger partial charge in [0.1, 0.15) is 12.2 Å². The minimum atomic E-state index is -0.503. The molecule has 22 heavy (non-hydrogen) atoms. The topological polar surface area (TPSA) is 72.8 Å². The van der Waals surface area contributed by atoms with E-state index >= 15 is 0 Å². The molecule has 0 radical (unpaired) electrons. The zero-order valence-corrected chi connectivity index (χ0v) is 13.4. The van der Waals surface area contributed by atoms with Crippen LogP contribution < -0.4 is 0 Å². The minimum Gasteiger partial charge on any atom is -0.462 e. The molecule has 1 N–H and O–H groups in total. The van der Waals surface area contributed by atoms with E-state index in [2.05, 4.69) is 6.58 Å². The van der Waals surface area contributed by atoms with E-state index in [1.54, 1.807) is 0 Å². The van der Waals surface area contributed by atoms with Gasteiger partial charge in [-0.15, -0.1) is 0 Å². The molecule has 0 aromatic heterocycles. The molecule has 2 aliphatic carbocycles. The summed E-state index contributed by atoms with van der Waals surface area (Å²) in [6.07, 6.45) is 0.714. The van der Waals surface area contributed by atoms with Crippen LogP contribution >= 0.6 is 0 Å². The van der Waals surface area contributed by atoms with Gasteiger partial charge in [0.05, 0.1) is 12.0 Å². The van der Waals surface area contributed by atoms with E-state index in [1.807, 2.05) is 13.8 Å². The summed E-state index contributed by atoms with van der Waals surface area (Å²) in [5.74, 6) is -1.19. The van der Waals surface area contributed by atoms with E-state index in [-0.39, 0.29) is 35.8 Å². The zero-order valence-electron chi connectivity index (χ0n) is 13.4. The van der Waals surface area contributed by atoms with Crippen molar-refractivity contribution in [2.75, 3.05) is 0 Å². The van der Waals surface area contributed by atoms with Gasteiger partial charge in [0.25, 0.3) is 0 Å². The Bertz CT molecular complexity index is 527. The summed E-state index contributed by atoms with van der Waals surface area (Å²) < 4.78 is 11.2. The SMILES string of the molecule is C=C1CC[C@@H](O)[C@]2(C)C[C@@H]3OC(=O)[C@H](C)[C@H]3[C@H](OC(C)=O)[C@@H]12. The van der Waals surface area contributed by atoms with Crippen molar-refractivity contribution in [3.05, 3.63) is 12.2 Å². The molecule has 1 heterocycles. The maximum Gasteiger partial charge on any atom is 0.309 e. The number of carbonyl (C=O) groups excluding carboxylic acids is 2. The number of fused-ring (bicyclic) bond motifs is 2. The van der Waals surface area contributed by atoms with Gasteiger partial charge in [-0.2, -0.15) is 0 Å². The fourth-order valence-electron chi connectivity index (χ4n) is 4.83. The Balaban J connectivity index is 2.04. The van der Waals surface area contributed by atoms with E-state index in [4.69, 9.17) is 9.47 Å². The summed E-state index contributed by atoms with van der Waals surface area (Å²) >= 11 is 0. The summed E-state index contributed by atoms with van der Waals surface area (Å²) in [6, 6.07) is 0. The Hall–Kier alpha value is -1.36. The van der Waals surface area contributed by atoms with Gasteiger partial charge in [0.15, 0.2) is 0 Å². The first-order valence-corrected chi connectivity index (χ1v) is 7.99. The summed E-state index contributed by atoms with van der Waals surface area (Å²) in [4.78, 5) is 23.6. The Morgan fingerprint density at radius 1 is 1.50 bits per heavy atom. The Morgan fingerprint density at radius 2 is 2.18 bits per heavy atom. The molecular formula is C17H24O5. The van der Waals surface area contributed by atoms with Crippen LogP contribution in [0.1, 0.15) is 40.0 Å². The lowest BCUT2D eigenvalue weighted by molar-refractivity contribution is -0.181. The third-order valence-corrected chi connectivity index (χ3v) is 5.95. The standard InChI is InChI=1S/C17H24O5/c1-8-5-6-12(19)17(4)7-11-13(9(2)16(20)22-11)15(14(8)17)21-10(3)18/h9,11-15,19H,1,5-7H2,2-4H3/t9-,11+,12-,13-,14-,15+,17+/m1/s1. The summed E-state index contributed by atoms with van der Waals surface area (Å²) in [6.45, 7) is 9.37. The van der Waals surface area contributed by atoms with Crippen LogP contribution in [0, 0.1) is 23.2 Å². The lowest BCUT2D eigenvalue weighted by Gasteiger charge is -2.55. The first-order chi connectivity index (χ1) is 10.3. The number of aliphatic hydroxyl groups is 1. The van der Waals surface area contributed by atoms with Crippen molar-refractivity contribution in [1.29, 1.82) is 0 Å². The normalized spacial score (nSPS) is 47.5. The van der Waals surface area contributed by atoms with Crippen molar-refractivity contribution in [3.63, 3.8) is 0 Å². The molecule has 7 atom stereocenters. The van der Waals surface area contributed by atoms with Gasteiger partial charge in [-0.3, -0.25) is 9.59 Å². The molecule has 0 aromatic rings. The van der Waals surface area contributed by atoms with Crippen LogP contribution in [0.15, 0.2) is 12.2 Å². The summed E-state index contributed by atoms with van der Waals surface area (Å²) in [5, 5.41) is 10.6. The van der Waals surface area contributed by atoms with Crippen LogP contribution in [-0.4, -0.2) is 35.4 Å². The fraction of sp³-hybridized carbons (Fsp3) is 0.765. The highest BCUT2D eigenvalue weighted by molar-refractivity contribution is 5.75. The second-order valence-corrected chi connectivity index (χ2v) is 7.32. The molecule has 5 nitrogen and oxygen atoms in total. The average Bonchev–Trinajstić information content (AvgIpc) is 2.68. The van der Waals surface area contributed by atoms with Crippen molar-refractivity contribution >= 4 is 11.9 Å². The van der Waals surface area contributed by atoms with Crippen LogP contribution in [-0.2, 0) is 19.1 Å². The molecule has 1 saturated heterocycles. The van der Waals surface area contributed by atoms with Crippen LogP contribution in [0.25, 0.3) is 0 Å². The predicted molar refractivity (Wildman–Crippen MR) is 78.7 cm³/mol. The van der Waals surface area contributed by atoms with Crippen LogP contribution in [0.2, 0.25) is 0 Å². The maximum absolute atomic E-state index is 12.0. The lowest BCUT2D eigenvalue weighted by atomic mass is 9.53. The molecular weight excluding hydrogens is 284 g/mol. The van der Waals surface area contributed by atoms with Crippen LogP contribution in [0.3, 0.4) is 0 Å². The molecule has 3 aliphatic rings. The first-order valence-electron chi connectivity index (χ1n) is 7.99. The largest absolute Gasteiger partial charge is 0.462 e.